The van der Waals surface area contributed by atoms with E-state index in [9.17, 15) is 9.59 Å². The SMILES string of the molecule is CCC1CCCCN1C(=O)c1cc(C(=O)O)ccn1. The lowest BCUT2D eigenvalue weighted by Gasteiger charge is -2.35. The first-order valence-electron chi connectivity index (χ1n) is 6.63. The van der Waals surface area contributed by atoms with Crippen molar-refractivity contribution in [3.05, 3.63) is 29.6 Å². The number of aromatic carboxylic acids is 1. The molecule has 1 fully saturated rings. The Morgan fingerprint density at radius 3 is 2.95 bits per heavy atom. The van der Waals surface area contributed by atoms with Crippen molar-refractivity contribution in [1.29, 1.82) is 0 Å². The number of pyridine rings is 1. The van der Waals surface area contributed by atoms with Crippen LogP contribution in [0.1, 0.15) is 53.5 Å². The maximum Gasteiger partial charge on any atom is 0.335 e. The Labute approximate surface area is 112 Å². The number of rotatable bonds is 3. The summed E-state index contributed by atoms with van der Waals surface area (Å²) in [5.74, 6) is -1.20. The Morgan fingerprint density at radius 2 is 2.26 bits per heavy atom. The summed E-state index contributed by atoms with van der Waals surface area (Å²) >= 11 is 0. The zero-order valence-corrected chi connectivity index (χ0v) is 11.0. The third-order valence-electron chi connectivity index (χ3n) is 3.59. The van der Waals surface area contributed by atoms with Gasteiger partial charge in [-0.05, 0) is 37.8 Å². The van der Waals surface area contributed by atoms with Crippen LogP contribution >= 0.6 is 0 Å². The smallest absolute Gasteiger partial charge is 0.335 e. The lowest BCUT2D eigenvalue weighted by Crippen LogP contribution is -2.43. The molecule has 0 aliphatic carbocycles. The maximum absolute atomic E-state index is 12.4. The quantitative estimate of drug-likeness (QED) is 0.906. The van der Waals surface area contributed by atoms with E-state index in [0.29, 0.717) is 0 Å². The molecule has 1 atom stereocenters. The topological polar surface area (TPSA) is 70.5 Å². The molecule has 1 N–H and O–H groups in total. The number of likely N-dealkylation sites (tertiary alicyclic amines) is 1. The molecule has 1 aliphatic heterocycles. The molecule has 19 heavy (non-hydrogen) atoms. The lowest BCUT2D eigenvalue weighted by molar-refractivity contribution is 0.0602. The van der Waals surface area contributed by atoms with Crippen LogP contribution in [0.3, 0.4) is 0 Å². The second-order valence-corrected chi connectivity index (χ2v) is 4.79. The van der Waals surface area contributed by atoms with Crippen molar-refractivity contribution < 1.29 is 14.7 Å². The molecular formula is C14H18N2O3. The highest BCUT2D eigenvalue weighted by molar-refractivity contribution is 5.96. The van der Waals surface area contributed by atoms with Crippen LogP contribution in [0.5, 0.6) is 0 Å². The van der Waals surface area contributed by atoms with E-state index in [4.69, 9.17) is 5.11 Å². The lowest BCUT2D eigenvalue weighted by atomic mass is 9.99. The maximum atomic E-state index is 12.4. The Kier molecular flexibility index (Phi) is 4.14. The third-order valence-corrected chi connectivity index (χ3v) is 3.59. The summed E-state index contributed by atoms with van der Waals surface area (Å²) in [6, 6.07) is 3.00. The Morgan fingerprint density at radius 1 is 1.47 bits per heavy atom. The Balaban J connectivity index is 2.22. The van der Waals surface area contributed by atoms with Gasteiger partial charge in [0, 0.05) is 18.8 Å². The molecule has 2 rings (SSSR count). The number of hydrogen-bond donors (Lipinski definition) is 1. The molecule has 1 aromatic rings. The van der Waals surface area contributed by atoms with Crippen LogP contribution in [-0.2, 0) is 0 Å². The number of carboxylic acid groups (broad SMARTS) is 1. The zero-order valence-electron chi connectivity index (χ0n) is 11.0. The summed E-state index contributed by atoms with van der Waals surface area (Å²) in [6.45, 7) is 2.80. The molecule has 0 bridgehead atoms. The van der Waals surface area contributed by atoms with E-state index >= 15 is 0 Å². The van der Waals surface area contributed by atoms with Gasteiger partial charge in [-0.1, -0.05) is 6.92 Å². The van der Waals surface area contributed by atoms with Crippen LogP contribution in [-0.4, -0.2) is 39.5 Å². The molecular weight excluding hydrogens is 244 g/mol. The van der Waals surface area contributed by atoms with Crippen molar-refractivity contribution in [3.8, 4) is 0 Å². The zero-order chi connectivity index (χ0) is 13.8. The van der Waals surface area contributed by atoms with Crippen molar-refractivity contribution in [1.82, 2.24) is 9.88 Å². The monoisotopic (exact) mass is 262 g/mol. The van der Waals surface area contributed by atoms with Crippen LogP contribution in [0.2, 0.25) is 0 Å². The van der Waals surface area contributed by atoms with Gasteiger partial charge in [0.15, 0.2) is 0 Å². The first-order chi connectivity index (χ1) is 9.13. The first kappa shape index (κ1) is 13.5. The molecule has 0 saturated carbocycles. The molecule has 1 unspecified atom stereocenters. The molecule has 0 spiro atoms. The molecule has 0 radical (unpaired) electrons. The van der Waals surface area contributed by atoms with Crippen LogP contribution in [0.25, 0.3) is 0 Å². The van der Waals surface area contributed by atoms with Crippen molar-refractivity contribution in [2.75, 3.05) is 6.54 Å². The summed E-state index contributed by atoms with van der Waals surface area (Å²) in [5, 5.41) is 8.95. The van der Waals surface area contributed by atoms with Gasteiger partial charge >= 0.3 is 5.97 Å². The average molecular weight is 262 g/mol. The minimum absolute atomic E-state index is 0.100. The molecule has 2 heterocycles. The minimum atomic E-state index is -1.04. The first-order valence-corrected chi connectivity index (χ1v) is 6.63. The highest BCUT2D eigenvalue weighted by atomic mass is 16.4. The standard InChI is InChI=1S/C14H18N2O3/c1-2-11-5-3-4-8-16(11)13(17)12-9-10(14(18)19)6-7-15-12/h6-7,9,11H,2-5,8H2,1H3,(H,18,19). The third kappa shape index (κ3) is 2.92. The molecule has 5 nitrogen and oxygen atoms in total. The van der Waals surface area contributed by atoms with Crippen molar-refractivity contribution in [3.63, 3.8) is 0 Å². The van der Waals surface area contributed by atoms with Crippen LogP contribution in [0, 0.1) is 0 Å². The van der Waals surface area contributed by atoms with Crippen molar-refractivity contribution >= 4 is 11.9 Å². The number of amides is 1. The van der Waals surface area contributed by atoms with Crippen LogP contribution in [0.15, 0.2) is 18.3 Å². The van der Waals surface area contributed by atoms with Crippen LogP contribution < -0.4 is 0 Å². The van der Waals surface area contributed by atoms with E-state index < -0.39 is 5.97 Å². The summed E-state index contributed by atoms with van der Waals surface area (Å²) in [5.41, 5.74) is 0.323. The summed E-state index contributed by atoms with van der Waals surface area (Å²) < 4.78 is 0. The second kappa shape index (κ2) is 5.82. The van der Waals surface area contributed by atoms with Gasteiger partial charge in [-0.3, -0.25) is 9.78 Å². The molecule has 1 aliphatic rings. The van der Waals surface area contributed by atoms with Gasteiger partial charge in [0.1, 0.15) is 5.69 Å². The minimum Gasteiger partial charge on any atom is -0.478 e. The molecule has 1 aromatic heterocycles. The fraction of sp³-hybridized carbons (Fsp3) is 0.500. The highest BCUT2D eigenvalue weighted by Crippen LogP contribution is 2.21. The molecule has 1 saturated heterocycles. The second-order valence-electron chi connectivity index (χ2n) is 4.79. The highest BCUT2D eigenvalue weighted by Gasteiger charge is 2.27. The number of carbonyl (C=O) groups is 2. The van der Waals surface area contributed by atoms with Gasteiger partial charge in [0.05, 0.1) is 5.56 Å². The normalized spacial score (nSPS) is 19.2. The van der Waals surface area contributed by atoms with Crippen molar-refractivity contribution in [2.45, 2.75) is 38.6 Å². The summed E-state index contributed by atoms with van der Waals surface area (Å²) in [6.07, 6.45) is 5.46. The van der Waals surface area contributed by atoms with Gasteiger partial charge in [0.25, 0.3) is 5.91 Å². The van der Waals surface area contributed by atoms with Crippen molar-refractivity contribution in [2.24, 2.45) is 0 Å². The average Bonchev–Trinajstić information content (AvgIpc) is 2.46. The number of hydrogen-bond acceptors (Lipinski definition) is 3. The fourth-order valence-electron chi connectivity index (χ4n) is 2.52. The largest absolute Gasteiger partial charge is 0.478 e. The molecule has 5 heteroatoms. The predicted molar refractivity (Wildman–Crippen MR) is 70.2 cm³/mol. The van der Waals surface area contributed by atoms with E-state index in [1.54, 1.807) is 0 Å². The number of carbonyl (C=O) groups excluding carboxylic acids is 1. The molecule has 102 valence electrons. The number of piperidine rings is 1. The predicted octanol–water partition coefficient (Wildman–Crippen LogP) is 2.18. The molecule has 1 amide bonds. The number of aromatic nitrogens is 1. The van der Waals surface area contributed by atoms with Gasteiger partial charge in [0.2, 0.25) is 0 Å². The van der Waals surface area contributed by atoms with E-state index in [1.807, 2.05) is 4.90 Å². The number of carboxylic acids is 1. The van der Waals surface area contributed by atoms with Gasteiger partial charge in [-0.25, -0.2) is 4.79 Å². The van der Waals surface area contributed by atoms with E-state index in [0.717, 1.165) is 32.2 Å². The summed E-state index contributed by atoms with van der Waals surface area (Å²) in [7, 11) is 0. The molecule has 0 aromatic carbocycles. The van der Waals surface area contributed by atoms with Gasteiger partial charge in [-0.15, -0.1) is 0 Å². The van der Waals surface area contributed by atoms with Gasteiger partial charge < -0.3 is 10.0 Å². The van der Waals surface area contributed by atoms with E-state index in [1.165, 1.54) is 18.3 Å². The summed E-state index contributed by atoms with van der Waals surface area (Å²) in [4.78, 5) is 29.2. The van der Waals surface area contributed by atoms with Crippen LogP contribution in [0.4, 0.5) is 0 Å². The fourth-order valence-corrected chi connectivity index (χ4v) is 2.52. The Hall–Kier alpha value is -1.91. The van der Waals surface area contributed by atoms with Gasteiger partial charge in [-0.2, -0.15) is 0 Å². The number of nitrogens with zero attached hydrogens (tertiary/aromatic N) is 2. The van der Waals surface area contributed by atoms with E-state index in [2.05, 4.69) is 11.9 Å². The Bertz CT molecular complexity index is 487. The van der Waals surface area contributed by atoms with E-state index in [-0.39, 0.29) is 23.2 Å².